The van der Waals surface area contributed by atoms with Crippen molar-refractivity contribution in [1.82, 2.24) is 10.2 Å². The Hall–Kier alpha value is -2.58. The number of carbonyl (C=O) groups is 1. The van der Waals surface area contributed by atoms with Gasteiger partial charge in [0.05, 0.1) is 17.2 Å². The summed E-state index contributed by atoms with van der Waals surface area (Å²) >= 11 is 0. The van der Waals surface area contributed by atoms with E-state index in [4.69, 9.17) is 4.74 Å². The minimum atomic E-state index is -3.94. The highest BCUT2D eigenvalue weighted by molar-refractivity contribution is 7.92. The number of ether oxygens (including phenoxy) is 1. The maximum Gasteiger partial charge on any atom is 0.264 e. The molecule has 186 valence electrons. The normalized spacial score (nSPS) is 14.9. The molecule has 1 fully saturated rings. The Morgan fingerprint density at radius 3 is 2.26 bits per heavy atom. The zero-order chi connectivity index (χ0) is 24.4. The van der Waals surface area contributed by atoms with Crippen LogP contribution < -0.4 is 14.4 Å². The molecule has 0 radical (unpaired) electrons. The van der Waals surface area contributed by atoms with E-state index in [1.165, 1.54) is 42.1 Å². The van der Waals surface area contributed by atoms with Gasteiger partial charge < -0.3 is 15.0 Å². The fourth-order valence-electron chi connectivity index (χ4n) is 4.10. The Labute approximate surface area is 204 Å². The lowest BCUT2D eigenvalue weighted by atomic mass is 10.2. The molecule has 0 unspecified atom stereocenters. The topological polar surface area (TPSA) is 79.0 Å². The summed E-state index contributed by atoms with van der Waals surface area (Å²) in [6.07, 6.45) is 5.92. The third kappa shape index (κ3) is 7.46. The van der Waals surface area contributed by atoms with Gasteiger partial charge in [0.2, 0.25) is 5.91 Å². The van der Waals surface area contributed by atoms with Crippen molar-refractivity contribution in [1.29, 1.82) is 0 Å². The van der Waals surface area contributed by atoms with E-state index in [1.807, 2.05) is 26.0 Å². The minimum Gasteiger partial charge on any atom is -0.494 e. The first-order chi connectivity index (χ1) is 16.4. The van der Waals surface area contributed by atoms with E-state index in [0.717, 1.165) is 31.6 Å². The van der Waals surface area contributed by atoms with Crippen LogP contribution in [0.2, 0.25) is 0 Å². The summed E-state index contributed by atoms with van der Waals surface area (Å²) in [5.74, 6) is 0.288. The summed E-state index contributed by atoms with van der Waals surface area (Å²) in [6.45, 7) is 7.75. The number of anilines is 1. The van der Waals surface area contributed by atoms with Crippen LogP contribution in [0.15, 0.2) is 53.4 Å². The predicted octanol–water partition coefficient (Wildman–Crippen LogP) is 3.97. The molecule has 0 spiro atoms. The van der Waals surface area contributed by atoms with E-state index in [2.05, 4.69) is 10.2 Å². The van der Waals surface area contributed by atoms with Gasteiger partial charge in [-0.05, 0) is 89.1 Å². The number of carbonyl (C=O) groups excluding carboxylic acids is 1. The van der Waals surface area contributed by atoms with Crippen LogP contribution in [0.25, 0.3) is 0 Å². The second-order valence-corrected chi connectivity index (χ2v) is 10.6. The molecule has 1 saturated heterocycles. The SMILES string of the molecule is CCOc1ccc(S(=O)(=O)N(CC(=O)NCCCN2CCCCCC2)c2ccc(C)cc2)cc1. The molecule has 0 aromatic heterocycles. The molecule has 3 rings (SSSR count). The number of sulfonamides is 1. The Bertz CT molecular complexity index is 999. The number of benzene rings is 2. The first-order valence-electron chi connectivity index (χ1n) is 12.2. The van der Waals surface area contributed by atoms with E-state index < -0.39 is 10.0 Å². The number of likely N-dealkylation sites (tertiary alicyclic amines) is 1. The second kappa shape index (κ2) is 12.8. The quantitative estimate of drug-likeness (QED) is 0.485. The lowest BCUT2D eigenvalue weighted by Gasteiger charge is -2.24. The van der Waals surface area contributed by atoms with Crippen LogP contribution in [0.5, 0.6) is 5.75 Å². The van der Waals surface area contributed by atoms with Gasteiger partial charge in [-0.3, -0.25) is 9.10 Å². The van der Waals surface area contributed by atoms with E-state index >= 15 is 0 Å². The van der Waals surface area contributed by atoms with Crippen LogP contribution in [-0.2, 0) is 14.8 Å². The molecule has 1 heterocycles. The van der Waals surface area contributed by atoms with Crippen LogP contribution in [0, 0.1) is 6.92 Å². The Morgan fingerprint density at radius 1 is 1.00 bits per heavy atom. The fraction of sp³-hybridized carbons (Fsp3) is 0.500. The molecule has 0 saturated carbocycles. The van der Waals surface area contributed by atoms with Crippen molar-refractivity contribution >= 4 is 21.6 Å². The highest BCUT2D eigenvalue weighted by Crippen LogP contribution is 2.25. The molecule has 2 aromatic rings. The smallest absolute Gasteiger partial charge is 0.264 e. The average molecular weight is 488 g/mol. The van der Waals surface area contributed by atoms with Crippen LogP contribution >= 0.6 is 0 Å². The zero-order valence-corrected chi connectivity index (χ0v) is 21.1. The van der Waals surface area contributed by atoms with Gasteiger partial charge in [-0.25, -0.2) is 8.42 Å². The van der Waals surface area contributed by atoms with Gasteiger partial charge in [0, 0.05) is 6.54 Å². The molecule has 1 aliphatic rings. The van der Waals surface area contributed by atoms with Gasteiger partial charge in [-0.2, -0.15) is 0 Å². The standard InChI is InChI=1S/C26H37N3O4S/c1-3-33-24-13-15-25(16-14-24)34(31,32)29(23-11-9-22(2)10-12-23)21-26(30)27-17-8-20-28-18-6-4-5-7-19-28/h9-16H,3-8,17-21H2,1-2H3,(H,27,30). The highest BCUT2D eigenvalue weighted by atomic mass is 32.2. The monoisotopic (exact) mass is 487 g/mol. The number of hydrogen-bond donors (Lipinski definition) is 1. The average Bonchev–Trinajstić information content (AvgIpc) is 3.10. The fourth-order valence-corrected chi connectivity index (χ4v) is 5.53. The van der Waals surface area contributed by atoms with Crippen LogP contribution in [-0.4, -0.2) is 58.6 Å². The lowest BCUT2D eigenvalue weighted by Crippen LogP contribution is -2.41. The molecule has 0 atom stereocenters. The zero-order valence-electron chi connectivity index (χ0n) is 20.3. The molecular formula is C26H37N3O4S. The first-order valence-corrected chi connectivity index (χ1v) is 13.7. The molecule has 7 nitrogen and oxygen atoms in total. The molecule has 2 aromatic carbocycles. The number of aryl methyl sites for hydroxylation is 1. The number of amides is 1. The van der Waals surface area contributed by atoms with Crippen molar-refractivity contribution in [3.63, 3.8) is 0 Å². The first kappa shape index (κ1) is 26.0. The van der Waals surface area contributed by atoms with Crippen molar-refractivity contribution in [3.8, 4) is 5.75 Å². The van der Waals surface area contributed by atoms with Gasteiger partial charge in [-0.1, -0.05) is 30.5 Å². The number of hydrogen-bond acceptors (Lipinski definition) is 5. The summed E-state index contributed by atoms with van der Waals surface area (Å²) in [6, 6.07) is 13.4. The highest BCUT2D eigenvalue weighted by Gasteiger charge is 2.27. The van der Waals surface area contributed by atoms with Crippen molar-refractivity contribution in [2.24, 2.45) is 0 Å². The summed E-state index contributed by atoms with van der Waals surface area (Å²) in [5.41, 5.74) is 1.47. The van der Waals surface area contributed by atoms with Crippen molar-refractivity contribution in [3.05, 3.63) is 54.1 Å². The lowest BCUT2D eigenvalue weighted by molar-refractivity contribution is -0.119. The van der Waals surface area contributed by atoms with Crippen LogP contribution in [0.4, 0.5) is 5.69 Å². The van der Waals surface area contributed by atoms with E-state index in [9.17, 15) is 13.2 Å². The van der Waals surface area contributed by atoms with Crippen molar-refractivity contribution in [2.75, 3.05) is 43.6 Å². The molecule has 34 heavy (non-hydrogen) atoms. The molecular weight excluding hydrogens is 450 g/mol. The summed E-state index contributed by atoms with van der Waals surface area (Å²) in [4.78, 5) is 15.3. The van der Waals surface area contributed by atoms with Gasteiger partial charge in [0.25, 0.3) is 10.0 Å². The van der Waals surface area contributed by atoms with Gasteiger partial charge >= 0.3 is 0 Å². The molecule has 1 N–H and O–H groups in total. The molecule has 8 heteroatoms. The third-order valence-electron chi connectivity index (χ3n) is 6.00. The van der Waals surface area contributed by atoms with Gasteiger partial charge in [0.1, 0.15) is 12.3 Å². The van der Waals surface area contributed by atoms with Crippen LogP contribution in [0.1, 0.15) is 44.6 Å². The number of rotatable bonds is 11. The molecule has 1 amide bonds. The maximum atomic E-state index is 13.5. The Morgan fingerprint density at radius 2 is 1.65 bits per heavy atom. The molecule has 0 aliphatic carbocycles. The largest absolute Gasteiger partial charge is 0.494 e. The van der Waals surface area contributed by atoms with Crippen molar-refractivity contribution in [2.45, 2.75) is 50.8 Å². The third-order valence-corrected chi connectivity index (χ3v) is 7.79. The van der Waals surface area contributed by atoms with E-state index in [1.54, 1.807) is 24.3 Å². The number of nitrogens with one attached hydrogen (secondary N) is 1. The second-order valence-electron chi connectivity index (χ2n) is 8.71. The van der Waals surface area contributed by atoms with E-state index in [0.29, 0.717) is 24.6 Å². The molecule has 1 aliphatic heterocycles. The van der Waals surface area contributed by atoms with Crippen LogP contribution in [0.3, 0.4) is 0 Å². The summed E-state index contributed by atoms with van der Waals surface area (Å²) in [5, 5.41) is 2.91. The maximum absolute atomic E-state index is 13.5. The Kier molecular flexibility index (Phi) is 9.77. The Balaban J connectivity index is 1.66. The van der Waals surface area contributed by atoms with Crippen molar-refractivity contribution < 1.29 is 17.9 Å². The number of nitrogens with zero attached hydrogens (tertiary/aromatic N) is 2. The predicted molar refractivity (Wildman–Crippen MR) is 136 cm³/mol. The van der Waals surface area contributed by atoms with Gasteiger partial charge in [0.15, 0.2) is 0 Å². The van der Waals surface area contributed by atoms with E-state index in [-0.39, 0.29) is 17.3 Å². The van der Waals surface area contributed by atoms with Gasteiger partial charge in [-0.15, -0.1) is 0 Å². The summed E-state index contributed by atoms with van der Waals surface area (Å²) < 4.78 is 33.6. The minimum absolute atomic E-state index is 0.116. The molecule has 0 bridgehead atoms. The summed E-state index contributed by atoms with van der Waals surface area (Å²) in [7, 11) is -3.94.